The van der Waals surface area contributed by atoms with Crippen LogP contribution in [0.5, 0.6) is 5.75 Å². The predicted octanol–water partition coefficient (Wildman–Crippen LogP) is 0.0565. The van der Waals surface area contributed by atoms with Gasteiger partial charge in [0.05, 0.1) is 26.2 Å². The van der Waals surface area contributed by atoms with Gasteiger partial charge >= 0.3 is 5.97 Å². The van der Waals surface area contributed by atoms with E-state index in [1.165, 1.54) is 19.2 Å². The van der Waals surface area contributed by atoms with E-state index in [1.807, 2.05) is 0 Å². The summed E-state index contributed by atoms with van der Waals surface area (Å²) < 4.78 is 5.02. The van der Waals surface area contributed by atoms with Crippen molar-refractivity contribution in [3.05, 3.63) is 29.3 Å². The van der Waals surface area contributed by atoms with E-state index in [0.29, 0.717) is 16.9 Å². The molecule has 0 aliphatic heterocycles. The van der Waals surface area contributed by atoms with Gasteiger partial charge in [-0.05, 0) is 11.6 Å². The molecule has 0 amide bonds. The number of aliphatic carboxylic acids is 1. The summed E-state index contributed by atoms with van der Waals surface area (Å²) in [6.45, 7) is -0.211. The van der Waals surface area contributed by atoms with Crippen LogP contribution < -0.4 is 4.74 Å². The number of hydrogen-bond donors (Lipinski definition) is 4. The Hall–Kier alpha value is -1.63. The van der Waals surface area contributed by atoms with Gasteiger partial charge in [-0.15, -0.1) is 0 Å². The molecule has 6 heteroatoms. The zero-order valence-corrected chi connectivity index (χ0v) is 9.91. The van der Waals surface area contributed by atoms with Crippen LogP contribution in [-0.2, 0) is 11.4 Å². The molecule has 1 aromatic carbocycles. The third-order valence-electron chi connectivity index (χ3n) is 2.57. The van der Waals surface area contributed by atoms with E-state index in [2.05, 4.69) is 0 Å². The van der Waals surface area contributed by atoms with Crippen LogP contribution in [0.2, 0.25) is 0 Å². The number of methoxy groups -OCH3 is 1. The lowest BCUT2D eigenvalue weighted by Crippen LogP contribution is -2.21. The van der Waals surface area contributed by atoms with Gasteiger partial charge in [-0.1, -0.05) is 12.1 Å². The highest BCUT2D eigenvalue weighted by Gasteiger charge is 2.22. The average Bonchev–Trinajstić information content (AvgIpc) is 2.36. The summed E-state index contributed by atoms with van der Waals surface area (Å²) in [6.07, 6.45) is -3.26. The molecule has 2 atom stereocenters. The summed E-state index contributed by atoms with van der Waals surface area (Å²) in [5, 5.41) is 36.9. The SMILES string of the molecule is COc1cc(C(O)C(O)CC(=O)O)ccc1CO. The van der Waals surface area contributed by atoms with Crippen molar-refractivity contribution in [3.63, 3.8) is 0 Å². The Balaban J connectivity index is 2.92. The second kappa shape index (κ2) is 6.34. The molecule has 2 unspecified atom stereocenters. The van der Waals surface area contributed by atoms with Gasteiger partial charge in [-0.2, -0.15) is 0 Å². The third-order valence-corrected chi connectivity index (χ3v) is 2.57. The minimum absolute atomic E-state index is 0.211. The van der Waals surface area contributed by atoms with Crippen LogP contribution in [0.25, 0.3) is 0 Å². The number of hydrogen-bond acceptors (Lipinski definition) is 5. The quantitative estimate of drug-likeness (QED) is 0.573. The van der Waals surface area contributed by atoms with E-state index in [1.54, 1.807) is 6.07 Å². The van der Waals surface area contributed by atoms with Crippen LogP contribution >= 0.6 is 0 Å². The molecular formula is C12H16O6. The predicted molar refractivity (Wildman–Crippen MR) is 62.1 cm³/mol. The van der Waals surface area contributed by atoms with Crippen molar-refractivity contribution >= 4 is 5.97 Å². The maximum Gasteiger partial charge on any atom is 0.306 e. The van der Waals surface area contributed by atoms with Gasteiger partial charge in [0.15, 0.2) is 0 Å². The zero-order chi connectivity index (χ0) is 13.7. The molecule has 1 aromatic rings. The Morgan fingerprint density at radius 1 is 1.39 bits per heavy atom. The lowest BCUT2D eigenvalue weighted by molar-refractivity contribution is -0.141. The van der Waals surface area contributed by atoms with Crippen molar-refractivity contribution in [2.45, 2.75) is 25.2 Å². The lowest BCUT2D eigenvalue weighted by Gasteiger charge is -2.18. The van der Waals surface area contributed by atoms with Gasteiger partial charge < -0.3 is 25.2 Å². The molecule has 0 heterocycles. The van der Waals surface area contributed by atoms with Crippen LogP contribution in [-0.4, -0.2) is 39.6 Å². The molecule has 0 radical (unpaired) electrons. The molecule has 6 nitrogen and oxygen atoms in total. The Morgan fingerprint density at radius 2 is 2.06 bits per heavy atom. The van der Waals surface area contributed by atoms with Gasteiger partial charge in [0.25, 0.3) is 0 Å². The maximum atomic E-state index is 10.4. The monoisotopic (exact) mass is 256 g/mol. The first-order valence-electron chi connectivity index (χ1n) is 5.35. The van der Waals surface area contributed by atoms with Crippen LogP contribution in [0.3, 0.4) is 0 Å². The van der Waals surface area contributed by atoms with E-state index < -0.39 is 24.6 Å². The smallest absolute Gasteiger partial charge is 0.306 e. The second-order valence-electron chi connectivity index (χ2n) is 3.84. The number of ether oxygens (including phenoxy) is 1. The van der Waals surface area contributed by atoms with Crippen molar-refractivity contribution in [1.82, 2.24) is 0 Å². The van der Waals surface area contributed by atoms with Crippen LogP contribution in [0.15, 0.2) is 18.2 Å². The summed E-state index contributed by atoms with van der Waals surface area (Å²) in [4.78, 5) is 10.4. The number of aliphatic hydroxyl groups excluding tert-OH is 3. The summed E-state index contributed by atoms with van der Waals surface area (Å²) in [5.74, 6) is -0.822. The second-order valence-corrected chi connectivity index (χ2v) is 3.84. The standard InChI is InChI=1S/C12H16O6/c1-18-10-4-7(2-3-8(10)6-13)12(17)9(14)5-11(15)16/h2-4,9,12-14,17H,5-6H2,1H3,(H,15,16). The number of carboxylic acids is 1. The Morgan fingerprint density at radius 3 is 2.56 bits per heavy atom. The van der Waals surface area contributed by atoms with Gasteiger partial charge in [0, 0.05) is 5.56 Å². The largest absolute Gasteiger partial charge is 0.496 e. The fraction of sp³-hybridized carbons (Fsp3) is 0.417. The molecule has 4 N–H and O–H groups in total. The van der Waals surface area contributed by atoms with E-state index in [0.717, 1.165) is 0 Å². The molecule has 0 spiro atoms. The summed E-state index contributed by atoms with van der Waals surface area (Å²) >= 11 is 0. The summed E-state index contributed by atoms with van der Waals surface area (Å²) in [7, 11) is 1.42. The molecule has 100 valence electrons. The van der Waals surface area contributed by atoms with Crippen molar-refractivity contribution < 1.29 is 30.0 Å². The van der Waals surface area contributed by atoms with Crippen molar-refractivity contribution in [1.29, 1.82) is 0 Å². The molecular weight excluding hydrogens is 240 g/mol. The molecule has 0 saturated heterocycles. The highest BCUT2D eigenvalue weighted by Crippen LogP contribution is 2.26. The van der Waals surface area contributed by atoms with Crippen molar-refractivity contribution in [3.8, 4) is 5.75 Å². The zero-order valence-electron chi connectivity index (χ0n) is 9.91. The Kier molecular flexibility index (Phi) is 5.08. The van der Waals surface area contributed by atoms with Crippen molar-refractivity contribution in [2.75, 3.05) is 7.11 Å². The minimum atomic E-state index is -1.40. The van der Waals surface area contributed by atoms with Gasteiger partial charge in [-0.25, -0.2) is 0 Å². The maximum absolute atomic E-state index is 10.4. The molecule has 1 rings (SSSR count). The first kappa shape index (κ1) is 14.4. The normalized spacial score (nSPS) is 14.0. The molecule has 0 fully saturated rings. The first-order valence-corrected chi connectivity index (χ1v) is 5.35. The molecule has 18 heavy (non-hydrogen) atoms. The van der Waals surface area contributed by atoms with E-state index >= 15 is 0 Å². The topological polar surface area (TPSA) is 107 Å². The van der Waals surface area contributed by atoms with Gasteiger partial charge in [0.2, 0.25) is 0 Å². The number of rotatable bonds is 6. The lowest BCUT2D eigenvalue weighted by atomic mass is 10.0. The van der Waals surface area contributed by atoms with Gasteiger partial charge in [-0.3, -0.25) is 4.79 Å². The summed E-state index contributed by atoms with van der Waals surface area (Å²) in [5.41, 5.74) is 0.874. The third kappa shape index (κ3) is 3.43. The van der Waals surface area contributed by atoms with Crippen molar-refractivity contribution in [2.24, 2.45) is 0 Å². The highest BCUT2D eigenvalue weighted by atomic mass is 16.5. The molecule has 0 saturated carbocycles. The Labute approximate surface area is 104 Å². The minimum Gasteiger partial charge on any atom is -0.496 e. The van der Waals surface area contributed by atoms with Crippen LogP contribution in [0.4, 0.5) is 0 Å². The van der Waals surface area contributed by atoms with E-state index in [9.17, 15) is 15.0 Å². The fourth-order valence-corrected chi connectivity index (χ4v) is 1.59. The molecule has 0 aliphatic rings. The molecule has 0 aliphatic carbocycles. The number of benzene rings is 1. The van der Waals surface area contributed by atoms with Crippen LogP contribution in [0.1, 0.15) is 23.7 Å². The first-order chi connectivity index (χ1) is 8.49. The molecule has 0 aromatic heterocycles. The molecule has 0 bridgehead atoms. The van der Waals surface area contributed by atoms with Gasteiger partial charge in [0.1, 0.15) is 11.9 Å². The number of carboxylic acid groups (broad SMARTS) is 1. The highest BCUT2D eigenvalue weighted by molar-refractivity contribution is 5.67. The number of carbonyl (C=O) groups is 1. The number of aliphatic hydroxyl groups is 3. The summed E-state index contributed by atoms with van der Waals surface area (Å²) in [6, 6.07) is 4.51. The van der Waals surface area contributed by atoms with Crippen LogP contribution in [0, 0.1) is 0 Å². The fourth-order valence-electron chi connectivity index (χ4n) is 1.59. The van der Waals surface area contributed by atoms with E-state index in [4.69, 9.17) is 14.9 Å². The Bertz CT molecular complexity index is 417. The average molecular weight is 256 g/mol. The van der Waals surface area contributed by atoms with E-state index in [-0.39, 0.29) is 6.61 Å².